The highest BCUT2D eigenvalue weighted by Gasteiger charge is 2.08. The fraction of sp³-hybridized carbons (Fsp3) is 0.267. The van der Waals surface area contributed by atoms with Crippen LogP contribution >= 0.6 is 27.3 Å². The van der Waals surface area contributed by atoms with Gasteiger partial charge in [0.2, 0.25) is 0 Å². The van der Waals surface area contributed by atoms with Crippen molar-refractivity contribution >= 4 is 38.9 Å². The van der Waals surface area contributed by atoms with E-state index in [1.807, 2.05) is 19.1 Å². The summed E-state index contributed by atoms with van der Waals surface area (Å²) in [4.78, 5) is 14.1. The molecule has 0 amide bonds. The van der Waals surface area contributed by atoms with Crippen molar-refractivity contribution in [2.24, 2.45) is 0 Å². The van der Waals surface area contributed by atoms with Crippen LogP contribution in [0.2, 0.25) is 0 Å². The molecule has 0 aliphatic rings. The van der Waals surface area contributed by atoms with Gasteiger partial charge in [-0.3, -0.25) is 0 Å². The summed E-state index contributed by atoms with van der Waals surface area (Å²) in [6.07, 6.45) is 0. The first kappa shape index (κ1) is 15.1. The number of hydrogen-bond donors (Lipinski definition) is 1. The predicted octanol–water partition coefficient (Wildman–Crippen LogP) is 4.53. The predicted molar refractivity (Wildman–Crippen MR) is 86.6 cm³/mol. The minimum atomic E-state index is -0.317. The van der Waals surface area contributed by atoms with Crippen LogP contribution in [-0.2, 0) is 11.3 Å². The van der Waals surface area contributed by atoms with Gasteiger partial charge in [0, 0.05) is 26.5 Å². The zero-order chi connectivity index (χ0) is 14.7. The number of esters is 1. The molecule has 3 nitrogen and oxygen atoms in total. The van der Waals surface area contributed by atoms with Crippen LogP contribution in [0.1, 0.15) is 25.7 Å². The molecule has 0 aliphatic heterocycles. The van der Waals surface area contributed by atoms with Crippen molar-refractivity contribution < 1.29 is 9.53 Å². The molecule has 1 heterocycles. The average Bonchev–Trinajstić information content (AvgIpc) is 2.76. The molecule has 1 aromatic heterocycles. The fourth-order valence-corrected chi connectivity index (χ4v) is 3.39. The van der Waals surface area contributed by atoms with Crippen molar-refractivity contribution in [3.8, 4) is 0 Å². The maximum Gasteiger partial charge on any atom is 0.337 e. The molecule has 5 heteroatoms. The summed E-state index contributed by atoms with van der Waals surface area (Å²) in [5.41, 5.74) is 2.62. The molecule has 0 saturated carbocycles. The monoisotopic (exact) mass is 353 g/mol. The first-order chi connectivity index (χ1) is 9.51. The normalized spacial score (nSPS) is 10.4. The number of carbonyl (C=O) groups excluding carboxylic acids is 1. The third kappa shape index (κ3) is 3.41. The van der Waals surface area contributed by atoms with Gasteiger partial charge in [0.1, 0.15) is 0 Å². The second-order valence-corrected chi connectivity index (χ2v) is 6.69. The molecule has 0 unspecified atom stereocenters. The molecule has 0 spiro atoms. The van der Waals surface area contributed by atoms with E-state index in [9.17, 15) is 4.79 Å². The lowest BCUT2D eigenvalue weighted by molar-refractivity contribution is 0.0601. The number of ether oxygens (including phenoxy) is 1. The van der Waals surface area contributed by atoms with Crippen LogP contribution in [-0.4, -0.2) is 13.1 Å². The number of carbonyl (C=O) groups is 1. The van der Waals surface area contributed by atoms with Gasteiger partial charge in [-0.25, -0.2) is 4.79 Å². The molecule has 1 N–H and O–H groups in total. The highest BCUT2D eigenvalue weighted by atomic mass is 79.9. The van der Waals surface area contributed by atoms with Crippen LogP contribution in [0.4, 0.5) is 5.69 Å². The Labute approximate surface area is 131 Å². The molecule has 0 fully saturated rings. The molecule has 2 aromatic rings. The van der Waals surface area contributed by atoms with Crippen molar-refractivity contribution in [3.05, 3.63) is 49.6 Å². The number of hydrogen-bond acceptors (Lipinski definition) is 4. The second kappa shape index (κ2) is 6.41. The van der Waals surface area contributed by atoms with E-state index in [0.717, 1.165) is 22.3 Å². The lowest BCUT2D eigenvalue weighted by atomic mass is 10.1. The molecule has 0 bridgehead atoms. The van der Waals surface area contributed by atoms with Crippen LogP contribution in [0.15, 0.2) is 28.7 Å². The number of thiophene rings is 1. The molecule has 106 valence electrons. The van der Waals surface area contributed by atoms with Gasteiger partial charge in [-0.2, -0.15) is 0 Å². The largest absolute Gasteiger partial charge is 0.465 e. The Hall–Kier alpha value is -1.33. The van der Waals surface area contributed by atoms with Gasteiger partial charge < -0.3 is 10.1 Å². The summed E-state index contributed by atoms with van der Waals surface area (Å²) < 4.78 is 5.88. The number of nitrogens with one attached hydrogen (secondary N) is 1. The van der Waals surface area contributed by atoms with Crippen LogP contribution in [0.25, 0.3) is 0 Å². The van der Waals surface area contributed by atoms with Crippen molar-refractivity contribution in [1.29, 1.82) is 0 Å². The van der Waals surface area contributed by atoms with Gasteiger partial charge in [-0.1, -0.05) is 6.07 Å². The summed E-state index contributed by atoms with van der Waals surface area (Å²) in [6.45, 7) is 4.84. The second-order valence-electron chi connectivity index (χ2n) is 4.49. The minimum Gasteiger partial charge on any atom is -0.465 e. The zero-order valence-corrected chi connectivity index (χ0v) is 14.0. The molecule has 0 atom stereocenters. The number of rotatable bonds is 4. The third-order valence-corrected chi connectivity index (χ3v) is 5.16. The topological polar surface area (TPSA) is 38.3 Å². The van der Waals surface area contributed by atoms with Crippen LogP contribution in [0, 0.1) is 13.8 Å². The summed E-state index contributed by atoms with van der Waals surface area (Å²) in [5.74, 6) is -0.317. The van der Waals surface area contributed by atoms with Crippen LogP contribution < -0.4 is 5.32 Å². The highest BCUT2D eigenvalue weighted by Crippen LogP contribution is 2.27. The number of benzene rings is 1. The van der Waals surface area contributed by atoms with Crippen LogP contribution in [0.3, 0.4) is 0 Å². The SMILES string of the molecule is COC(=O)c1ccc(C)c(NCc2cc(Br)c(C)s2)c1. The Morgan fingerprint density at radius 2 is 2.10 bits per heavy atom. The Bertz CT molecular complexity index is 617. The van der Waals surface area contributed by atoms with E-state index in [4.69, 9.17) is 4.74 Å². The van der Waals surface area contributed by atoms with E-state index >= 15 is 0 Å². The molecule has 0 aliphatic carbocycles. The van der Waals surface area contributed by atoms with Crippen LogP contribution in [0.5, 0.6) is 0 Å². The Morgan fingerprint density at radius 1 is 1.35 bits per heavy atom. The van der Waals surface area contributed by atoms with Gasteiger partial charge in [0.15, 0.2) is 0 Å². The molecule has 1 aromatic carbocycles. The van der Waals surface area contributed by atoms with Gasteiger partial charge in [0.25, 0.3) is 0 Å². The van der Waals surface area contributed by atoms with Crippen molar-refractivity contribution in [1.82, 2.24) is 0 Å². The summed E-state index contributed by atoms with van der Waals surface area (Å²) >= 11 is 5.27. The number of methoxy groups -OCH3 is 1. The van der Waals surface area contributed by atoms with E-state index in [1.165, 1.54) is 16.9 Å². The maximum absolute atomic E-state index is 11.5. The van der Waals surface area contributed by atoms with E-state index in [-0.39, 0.29) is 5.97 Å². The van der Waals surface area contributed by atoms with Gasteiger partial charge in [-0.05, 0) is 53.5 Å². The summed E-state index contributed by atoms with van der Waals surface area (Å²) in [7, 11) is 1.39. The average molecular weight is 354 g/mol. The molecule has 0 saturated heterocycles. The van der Waals surface area contributed by atoms with E-state index in [1.54, 1.807) is 17.4 Å². The maximum atomic E-state index is 11.5. The van der Waals surface area contributed by atoms with Crippen molar-refractivity contribution in [2.75, 3.05) is 12.4 Å². The Morgan fingerprint density at radius 3 is 2.70 bits per heavy atom. The number of anilines is 1. The fourth-order valence-electron chi connectivity index (χ4n) is 1.84. The summed E-state index contributed by atoms with van der Waals surface area (Å²) in [5, 5.41) is 3.37. The summed E-state index contributed by atoms with van der Waals surface area (Å²) in [6, 6.07) is 7.64. The quantitative estimate of drug-likeness (QED) is 0.820. The minimum absolute atomic E-state index is 0.317. The van der Waals surface area contributed by atoms with Gasteiger partial charge in [0.05, 0.1) is 12.7 Å². The molecular weight excluding hydrogens is 338 g/mol. The van der Waals surface area contributed by atoms with Gasteiger partial charge in [-0.15, -0.1) is 11.3 Å². The van der Waals surface area contributed by atoms with Gasteiger partial charge >= 0.3 is 5.97 Å². The lowest BCUT2D eigenvalue weighted by Gasteiger charge is -2.10. The molecule has 20 heavy (non-hydrogen) atoms. The zero-order valence-electron chi connectivity index (χ0n) is 11.6. The Balaban J connectivity index is 2.14. The Kier molecular flexibility index (Phi) is 4.83. The van der Waals surface area contributed by atoms with E-state index in [0.29, 0.717) is 5.56 Å². The van der Waals surface area contributed by atoms with Crippen molar-refractivity contribution in [3.63, 3.8) is 0 Å². The number of aryl methyl sites for hydroxylation is 2. The van der Waals surface area contributed by atoms with E-state index in [2.05, 4.69) is 34.2 Å². The smallest absolute Gasteiger partial charge is 0.337 e. The first-order valence-electron chi connectivity index (χ1n) is 6.19. The lowest BCUT2D eigenvalue weighted by Crippen LogP contribution is -2.04. The molecule has 0 radical (unpaired) electrons. The van der Waals surface area contributed by atoms with Crippen molar-refractivity contribution in [2.45, 2.75) is 20.4 Å². The third-order valence-electron chi connectivity index (χ3n) is 3.02. The number of halogens is 1. The standard InChI is InChI=1S/C15H16BrNO2S/c1-9-4-5-11(15(18)19-3)6-14(9)17-8-12-7-13(16)10(2)20-12/h4-7,17H,8H2,1-3H3. The molecular formula is C15H16BrNO2S. The molecule has 2 rings (SSSR count). The first-order valence-corrected chi connectivity index (χ1v) is 7.80. The van der Waals surface area contributed by atoms with E-state index < -0.39 is 0 Å². The highest BCUT2D eigenvalue weighted by molar-refractivity contribution is 9.10.